The minimum atomic E-state index is -0.683. The van der Waals surface area contributed by atoms with Crippen LogP contribution in [0.1, 0.15) is 31.1 Å². The molecule has 20 heavy (non-hydrogen) atoms. The lowest BCUT2D eigenvalue weighted by Crippen LogP contribution is -2.27. The Morgan fingerprint density at radius 1 is 1.05 bits per heavy atom. The minimum Gasteiger partial charge on any atom is -0.508 e. The van der Waals surface area contributed by atoms with Gasteiger partial charge in [-0.25, -0.2) is 0 Å². The largest absolute Gasteiger partial charge is 0.508 e. The first kappa shape index (κ1) is 14.3. The van der Waals surface area contributed by atoms with E-state index in [2.05, 4.69) is 4.99 Å². The van der Waals surface area contributed by atoms with Crippen molar-refractivity contribution in [2.45, 2.75) is 25.5 Å². The van der Waals surface area contributed by atoms with E-state index in [1.54, 1.807) is 24.4 Å². The van der Waals surface area contributed by atoms with Gasteiger partial charge in [0.25, 0.3) is 0 Å². The van der Waals surface area contributed by atoms with Crippen LogP contribution in [0.2, 0.25) is 0 Å². The zero-order valence-electron chi connectivity index (χ0n) is 11.7. The van der Waals surface area contributed by atoms with Crippen LogP contribution in [0.25, 0.3) is 0 Å². The average molecular weight is 269 g/mol. The smallest absolute Gasteiger partial charge is 0.116 e. The highest BCUT2D eigenvalue weighted by Crippen LogP contribution is 2.28. The second-order valence-corrected chi connectivity index (χ2v) is 5.32. The van der Waals surface area contributed by atoms with Crippen molar-refractivity contribution >= 4 is 6.21 Å². The maximum absolute atomic E-state index is 10.4. The minimum absolute atomic E-state index is 0.204. The fraction of sp³-hybridized carbons (Fsp3) is 0.235. The first-order valence-electron chi connectivity index (χ1n) is 6.56. The van der Waals surface area contributed by atoms with E-state index in [4.69, 9.17) is 0 Å². The summed E-state index contributed by atoms with van der Waals surface area (Å²) < 4.78 is 0. The van der Waals surface area contributed by atoms with Crippen molar-refractivity contribution < 1.29 is 10.2 Å². The standard InChI is InChI=1S/C17H19NO2/c1-17(2,16(20)14-8-4-3-5-9-14)18-12-13-7-6-10-15(19)11-13/h3-12,16,19-20H,1-2H3. The highest BCUT2D eigenvalue weighted by Gasteiger charge is 2.27. The molecule has 2 N–H and O–H groups in total. The number of aromatic hydroxyl groups is 1. The molecule has 2 rings (SSSR count). The Balaban J connectivity index is 2.18. The average Bonchev–Trinajstić information content (AvgIpc) is 2.45. The zero-order chi connectivity index (χ0) is 14.6. The van der Waals surface area contributed by atoms with E-state index in [9.17, 15) is 10.2 Å². The highest BCUT2D eigenvalue weighted by atomic mass is 16.3. The molecule has 0 saturated heterocycles. The Labute approximate surface area is 119 Å². The van der Waals surface area contributed by atoms with Gasteiger partial charge in [0.2, 0.25) is 0 Å². The van der Waals surface area contributed by atoms with Crippen LogP contribution in [0.5, 0.6) is 5.75 Å². The number of benzene rings is 2. The molecule has 1 atom stereocenters. The molecular weight excluding hydrogens is 250 g/mol. The molecule has 0 spiro atoms. The molecule has 2 aromatic carbocycles. The molecule has 0 saturated carbocycles. The maximum atomic E-state index is 10.4. The van der Waals surface area contributed by atoms with Crippen LogP contribution in [0.15, 0.2) is 59.6 Å². The molecule has 1 unspecified atom stereocenters. The molecule has 0 aromatic heterocycles. The van der Waals surface area contributed by atoms with Crippen LogP contribution >= 0.6 is 0 Å². The Morgan fingerprint density at radius 2 is 1.75 bits per heavy atom. The molecule has 104 valence electrons. The van der Waals surface area contributed by atoms with Crippen molar-refractivity contribution in [1.29, 1.82) is 0 Å². The molecule has 3 heteroatoms. The zero-order valence-corrected chi connectivity index (χ0v) is 11.7. The lowest BCUT2D eigenvalue weighted by molar-refractivity contribution is 0.106. The molecule has 2 aromatic rings. The number of aliphatic hydroxyl groups excluding tert-OH is 1. The molecule has 0 amide bonds. The van der Waals surface area contributed by atoms with Crippen molar-refractivity contribution in [3.8, 4) is 5.75 Å². The van der Waals surface area contributed by atoms with Gasteiger partial charge in [0.05, 0.1) is 5.54 Å². The third-order valence-electron chi connectivity index (χ3n) is 3.20. The molecule has 0 aliphatic heterocycles. The second kappa shape index (κ2) is 5.88. The summed E-state index contributed by atoms with van der Waals surface area (Å²) in [5, 5.41) is 19.8. The molecule has 0 radical (unpaired) electrons. The number of aliphatic imine (C=N–C) groups is 1. The van der Waals surface area contributed by atoms with Crippen molar-refractivity contribution in [3.05, 3.63) is 65.7 Å². The quantitative estimate of drug-likeness (QED) is 0.836. The van der Waals surface area contributed by atoms with Crippen molar-refractivity contribution in [2.24, 2.45) is 4.99 Å². The van der Waals surface area contributed by atoms with E-state index in [0.717, 1.165) is 11.1 Å². The SMILES string of the molecule is CC(C)(N=Cc1cccc(O)c1)C(O)c1ccccc1. The van der Waals surface area contributed by atoms with E-state index in [0.29, 0.717) is 0 Å². The van der Waals surface area contributed by atoms with E-state index >= 15 is 0 Å². The van der Waals surface area contributed by atoms with Gasteiger partial charge in [-0.3, -0.25) is 4.99 Å². The fourth-order valence-corrected chi connectivity index (χ4v) is 1.96. The molecule has 0 aliphatic rings. The predicted molar refractivity (Wildman–Crippen MR) is 81.2 cm³/mol. The molecule has 3 nitrogen and oxygen atoms in total. The number of phenols is 1. The van der Waals surface area contributed by atoms with Gasteiger partial charge in [0.1, 0.15) is 11.9 Å². The van der Waals surface area contributed by atoms with Gasteiger partial charge in [-0.2, -0.15) is 0 Å². The molecule has 0 aliphatic carbocycles. The number of rotatable bonds is 4. The lowest BCUT2D eigenvalue weighted by Gasteiger charge is -2.26. The van der Waals surface area contributed by atoms with Crippen LogP contribution in [0.4, 0.5) is 0 Å². The van der Waals surface area contributed by atoms with E-state index in [1.165, 1.54) is 0 Å². The molecule has 0 bridgehead atoms. The number of hydrogen-bond donors (Lipinski definition) is 2. The van der Waals surface area contributed by atoms with E-state index in [-0.39, 0.29) is 5.75 Å². The van der Waals surface area contributed by atoms with Gasteiger partial charge in [-0.15, -0.1) is 0 Å². The van der Waals surface area contributed by atoms with Crippen molar-refractivity contribution in [3.63, 3.8) is 0 Å². The second-order valence-electron chi connectivity index (χ2n) is 5.32. The summed E-state index contributed by atoms with van der Waals surface area (Å²) in [5.41, 5.74) is 0.996. The Bertz CT molecular complexity index is 591. The number of aliphatic hydroxyl groups is 1. The summed E-state index contributed by atoms with van der Waals surface area (Å²) in [5.74, 6) is 0.204. The van der Waals surface area contributed by atoms with Crippen LogP contribution in [-0.4, -0.2) is 22.0 Å². The molecule has 0 heterocycles. The summed E-state index contributed by atoms with van der Waals surface area (Å²) in [6, 6.07) is 16.3. The first-order chi connectivity index (χ1) is 9.49. The Morgan fingerprint density at radius 3 is 2.40 bits per heavy atom. The normalized spacial score (nSPS) is 13.6. The van der Waals surface area contributed by atoms with Gasteiger partial charge in [0.15, 0.2) is 0 Å². The monoisotopic (exact) mass is 269 g/mol. The summed E-state index contributed by atoms with van der Waals surface area (Å²) in [6.07, 6.45) is 0.989. The lowest BCUT2D eigenvalue weighted by atomic mass is 9.92. The van der Waals surface area contributed by atoms with Gasteiger partial charge in [-0.05, 0) is 37.1 Å². The summed E-state index contributed by atoms with van der Waals surface area (Å²) in [7, 11) is 0. The number of phenolic OH excluding ortho intramolecular Hbond substituents is 1. The van der Waals surface area contributed by atoms with Gasteiger partial charge < -0.3 is 10.2 Å². The van der Waals surface area contributed by atoms with Crippen LogP contribution in [0.3, 0.4) is 0 Å². The summed E-state index contributed by atoms with van der Waals surface area (Å²) >= 11 is 0. The summed E-state index contributed by atoms with van der Waals surface area (Å²) in [4.78, 5) is 4.46. The van der Waals surface area contributed by atoms with E-state index < -0.39 is 11.6 Å². The van der Waals surface area contributed by atoms with Crippen molar-refractivity contribution in [1.82, 2.24) is 0 Å². The van der Waals surface area contributed by atoms with Gasteiger partial charge >= 0.3 is 0 Å². The fourth-order valence-electron chi connectivity index (χ4n) is 1.96. The van der Waals surface area contributed by atoms with E-state index in [1.807, 2.05) is 50.2 Å². The predicted octanol–water partition coefficient (Wildman–Crippen LogP) is 3.32. The van der Waals surface area contributed by atoms with Gasteiger partial charge in [0, 0.05) is 6.21 Å². The summed E-state index contributed by atoms with van der Waals surface area (Å²) in [6.45, 7) is 3.76. The number of nitrogens with zero attached hydrogens (tertiary/aromatic N) is 1. The van der Waals surface area contributed by atoms with Crippen molar-refractivity contribution in [2.75, 3.05) is 0 Å². The van der Waals surface area contributed by atoms with Gasteiger partial charge in [-0.1, -0.05) is 42.5 Å². The first-order valence-corrected chi connectivity index (χ1v) is 6.56. The number of hydrogen-bond acceptors (Lipinski definition) is 3. The van der Waals surface area contributed by atoms with Crippen LogP contribution in [0, 0.1) is 0 Å². The van der Waals surface area contributed by atoms with Crippen LogP contribution < -0.4 is 0 Å². The third-order valence-corrected chi connectivity index (χ3v) is 3.20. The van der Waals surface area contributed by atoms with Crippen LogP contribution in [-0.2, 0) is 0 Å². The molecular formula is C17H19NO2. The molecule has 0 fully saturated rings. The third kappa shape index (κ3) is 3.45. The Kier molecular flexibility index (Phi) is 4.20. The Hall–Kier alpha value is -2.13. The topological polar surface area (TPSA) is 52.8 Å². The highest BCUT2D eigenvalue weighted by molar-refractivity contribution is 5.80. The maximum Gasteiger partial charge on any atom is 0.116 e.